The molecule has 0 aliphatic carbocycles. The smallest absolute Gasteiger partial charge is 0.260 e. The highest BCUT2D eigenvalue weighted by Gasteiger charge is 2.35. The molecule has 11 heteroatoms. The Morgan fingerprint density at radius 1 is 1.05 bits per heavy atom. The van der Waals surface area contributed by atoms with Gasteiger partial charge in [-0.1, -0.05) is 38.1 Å². The number of nitrogens with one attached hydrogen (secondary N) is 2. The van der Waals surface area contributed by atoms with Gasteiger partial charge in [-0.2, -0.15) is 4.31 Å². The monoisotopic (exact) mass is 537 g/mol. The molecule has 1 fully saturated rings. The first-order valence-corrected chi connectivity index (χ1v) is 14.0. The molecule has 1 aromatic carbocycles. The Morgan fingerprint density at radius 3 is 2.55 bits per heavy atom. The van der Waals surface area contributed by atoms with E-state index in [0.717, 1.165) is 4.31 Å². The Bertz CT molecular complexity index is 1420. The largest absolute Gasteiger partial charge is 0.344 e. The molecule has 3 heterocycles. The fourth-order valence-electron chi connectivity index (χ4n) is 4.49. The molecule has 2 N–H and O–H groups in total. The number of Topliss-reactive ketones (excluding diaryl/α,β-unsaturated/α-hetero) is 1. The average Bonchev–Trinajstić information content (AvgIpc) is 3.09. The van der Waals surface area contributed by atoms with Crippen molar-refractivity contribution in [2.24, 2.45) is 5.92 Å². The molecule has 1 saturated heterocycles. The van der Waals surface area contributed by atoms with Gasteiger partial charge in [0.05, 0.1) is 23.7 Å². The number of nitrogens with zero attached hydrogens (tertiary/aromatic N) is 3. The van der Waals surface area contributed by atoms with Crippen LogP contribution in [0.5, 0.6) is 0 Å². The topological polar surface area (TPSA) is 138 Å². The van der Waals surface area contributed by atoms with Gasteiger partial charge in [0.2, 0.25) is 5.91 Å². The Morgan fingerprint density at radius 2 is 1.82 bits per heavy atom. The number of fused-ring (bicyclic) bond motifs is 1. The Kier molecular flexibility index (Phi) is 8.48. The fraction of sp³-hybridized carbons (Fsp3) is 0.370. The van der Waals surface area contributed by atoms with Gasteiger partial charge >= 0.3 is 0 Å². The van der Waals surface area contributed by atoms with Gasteiger partial charge in [-0.3, -0.25) is 19.4 Å². The van der Waals surface area contributed by atoms with Gasteiger partial charge < -0.3 is 10.6 Å². The van der Waals surface area contributed by atoms with Gasteiger partial charge in [0.25, 0.3) is 15.9 Å². The highest BCUT2D eigenvalue weighted by molar-refractivity contribution is 7.89. The van der Waals surface area contributed by atoms with E-state index in [1.807, 2.05) is 26.0 Å². The summed E-state index contributed by atoms with van der Waals surface area (Å²) in [6, 6.07) is 11.7. The third-order valence-electron chi connectivity index (χ3n) is 6.40. The number of amides is 2. The maximum absolute atomic E-state index is 13.3. The van der Waals surface area contributed by atoms with E-state index in [-0.39, 0.29) is 30.5 Å². The first kappa shape index (κ1) is 27.3. The number of rotatable bonds is 8. The molecule has 3 aromatic rings. The van der Waals surface area contributed by atoms with E-state index in [2.05, 4.69) is 20.6 Å². The molecule has 1 aliphatic rings. The highest BCUT2D eigenvalue weighted by Crippen LogP contribution is 2.19. The van der Waals surface area contributed by atoms with E-state index in [1.165, 1.54) is 12.3 Å². The summed E-state index contributed by atoms with van der Waals surface area (Å²) in [4.78, 5) is 47.7. The van der Waals surface area contributed by atoms with Crippen molar-refractivity contribution in [2.45, 2.75) is 50.2 Å². The van der Waals surface area contributed by atoms with Crippen LogP contribution in [0.25, 0.3) is 10.9 Å². The van der Waals surface area contributed by atoms with Crippen LogP contribution in [0.15, 0.2) is 66.0 Å². The molecular weight excluding hydrogens is 506 g/mol. The van der Waals surface area contributed by atoms with Crippen molar-refractivity contribution in [1.82, 2.24) is 24.9 Å². The number of hydrogen-bond donors (Lipinski definition) is 2. The maximum Gasteiger partial charge on any atom is 0.260 e. The molecule has 0 saturated carbocycles. The van der Waals surface area contributed by atoms with Gasteiger partial charge in [-0.05, 0) is 49.4 Å². The molecule has 2 unspecified atom stereocenters. The van der Waals surface area contributed by atoms with E-state index >= 15 is 0 Å². The molecular formula is C27H31N5O5S. The molecule has 2 amide bonds. The lowest BCUT2D eigenvalue weighted by Crippen LogP contribution is -2.52. The maximum atomic E-state index is 13.3. The van der Waals surface area contributed by atoms with Gasteiger partial charge in [0.15, 0.2) is 10.8 Å². The van der Waals surface area contributed by atoms with Crippen molar-refractivity contribution >= 4 is 38.5 Å². The predicted octanol–water partition coefficient (Wildman–Crippen LogP) is 2.31. The van der Waals surface area contributed by atoms with E-state index in [0.29, 0.717) is 29.3 Å². The number of ketones is 1. The van der Waals surface area contributed by atoms with Crippen LogP contribution in [0.3, 0.4) is 0 Å². The number of aromatic nitrogens is 2. The predicted molar refractivity (Wildman–Crippen MR) is 142 cm³/mol. The van der Waals surface area contributed by atoms with E-state index in [9.17, 15) is 22.8 Å². The van der Waals surface area contributed by atoms with Crippen LogP contribution in [0, 0.1) is 5.92 Å². The van der Waals surface area contributed by atoms with Gasteiger partial charge in [0.1, 0.15) is 6.04 Å². The lowest BCUT2D eigenvalue weighted by molar-refractivity contribution is -0.129. The summed E-state index contributed by atoms with van der Waals surface area (Å²) in [5, 5.41) is 6.14. The zero-order valence-corrected chi connectivity index (χ0v) is 22.1. The highest BCUT2D eigenvalue weighted by atomic mass is 32.2. The zero-order chi connectivity index (χ0) is 27.3. The van der Waals surface area contributed by atoms with E-state index < -0.39 is 39.7 Å². The number of hydrogen-bond acceptors (Lipinski definition) is 7. The minimum atomic E-state index is -3.94. The molecule has 10 nitrogen and oxygen atoms in total. The van der Waals surface area contributed by atoms with Gasteiger partial charge in [-0.25, -0.2) is 13.4 Å². The number of sulfonamides is 1. The summed E-state index contributed by atoms with van der Waals surface area (Å²) >= 11 is 0. The molecule has 200 valence electrons. The van der Waals surface area contributed by atoms with Crippen molar-refractivity contribution in [2.75, 3.05) is 13.1 Å². The first-order valence-electron chi connectivity index (χ1n) is 12.6. The standard InChI is InChI=1S/C27H31N5O5S/c1-18(2)16-23(31-26(34)20-12-14-28-21-9-4-3-8-19(20)21)27(35)30-22-10-7-15-32(17-24(22)33)38(36,37)25-11-5-6-13-29-25/h3-6,8-9,11-14,18,22-23H,7,10,15-17H2,1-2H3,(H,30,35)(H,31,34). The summed E-state index contributed by atoms with van der Waals surface area (Å²) in [5.74, 6) is -1.22. The van der Waals surface area contributed by atoms with E-state index in [4.69, 9.17) is 0 Å². The average molecular weight is 538 g/mol. The molecule has 1 aliphatic heterocycles. The van der Waals surface area contributed by atoms with Crippen LogP contribution >= 0.6 is 0 Å². The minimum Gasteiger partial charge on any atom is -0.344 e. The second kappa shape index (κ2) is 11.8. The summed E-state index contributed by atoms with van der Waals surface area (Å²) in [6.07, 6.45) is 3.96. The van der Waals surface area contributed by atoms with Crippen molar-refractivity contribution in [3.8, 4) is 0 Å². The van der Waals surface area contributed by atoms with Crippen LogP contribution in [0.2, 0.25) is 0 Å². The van der Waals surface area contributed by atoms with Crippen LogP contribution in [-0.4, -0.2) is 65.5 Å². The summed E-state index contributed by atoms with van der Waals surface area (Å²) < 4.78 is 27.0. The SMILES string of the molecule is CC(C)CC(NC(=O)c1ccnc2ccccc12)C(=O)NC1CCCN(S(=O)(=O)c2ccccn2)CC1=O. The van der Waals surface area contributed by atoms with Crippen molar-refractivity contribution in [3.63, 3.8) is 0 Å². The minimum absolute atomic E-state index is 0.0871. The van der Waals surface area contributed by atoms with Crippen LogP contribution in [0.1, 0.15) is 43.5 Å². The Hall–Kier alpha value is -3.70. The summed E-state index contributed by atoms with van der Waals surface area (Å²) in [7, 11) is -3.94. The molecule has 38 heavy (non-hydrogen) atoms. The third-order valence-corrected chi connectivity index (χ3v) is 8.16. The number of para-hydroxylation sites is 1. The second-order valence-electron chi connectivity index (χ2n) is 9.71. The third kappa shape index (κ3) is 6.22. The number of carbonyl (C=O) groups excluding carboxylic acids is 3. The van der Waals surface area contributed by atoms with Crippen molar-refractivity contribution in [3.05, 3.63) is 66.5 Å². The van der Waals surface area contributed by atoms with Crippen LogP contribution in [-0.2, 0) is 19.6 Å². The molecule has 2 atom stereocenters. The van der Waals surface area contributed by atoms with Gasteiger partial charge in [-0.15, -0.1) is 0 Å². The number of pyridine rings is 2. The molecule has 0 spiro atoms. The fourth-order valence-corrected chi connectivity index (χ4v) is 5.87. The van der Waals surface area contributed by atoms with Crippen LogP contribution in [0.4, 0.5) is 0 Å². The lowest BCUT2D eigenvalue weighted by Gasteiger charge is -2.24. The Labute approximate surface area is 221 Å². The first-order chi connectivity index (χ1) is 18.2. The molecule has 4 rings (SSSR count). The van der Waals surface area contributed by atoms with Crippen molar-refractivity contribution in [1.29, 1.82) is 0 Å². The number of benzene rings is 1. The van der Waals surface area contributed by atoms with Crippen molar-refractivity contribution < 1.29 is 22.8 Å². The Balaban J connectivity index is 1.47. The van der Waals surface area contributed by atoms with Crippen LogP contribution < -0.4 is 10.6 Å². The lowest BCUT2D eigenvalue weighted by atomic mass is 10.0. The molecule has 0 bridgehead atoms. The number of carbonyl (C=O) groups is 3. The summed E-state index contributed by atoms with van der Waals surface area (Å²) in [5.41, 5.74) is 1.07. The quantitative estimate of drug-likeness (QED) is 0.450. The van der Waals surface area contributed by atoms with E-state index in [1.54, 1.807) is 36.5 Å². The molecule has 2 aromatic heterocycles. The zero-order valence-electron chi connectivity index (χ0n) is 21.3. The summed E-state index contributed by atoms with van der Waals surface area (Å²) in [6.45, 7) is 3.64. The second-order valence-corrected chi connectivity index (χ2v) is 11.6. The molecule has 0 radical (unpaired) electrons. The van der Waals surface area contributed by atoms with Gasteiger partial charge in [0, 0.05) is 24.3 Å². The normalized spacial score (nSPS) is 17.7.